The molecule has 1 rings (SSSR count). The minimum Gasteiger partial charge on any atom is -0.396 e. The van der Waals surface area contributed by atoms with Crippen molar-refractivity contribution < 1.29 is 5.11 Å². The predicted octanol–water partition coefficient (Wildman–Crippen LogP) is 2.72. The monoisotopic (exact) mass is 351 g/mol. The van der Waals surface area contributed by atoms with Crippen molar-refractivity contribution in [2.24, 2.45) is 10.4 Å². The van der Waals surface area contributed by atoms with Crippen molar-refractivity contribution >= 4 is 5.96 Å². The van der Waals surface area contributed by atoms with Crippen molar-refractivity contribution in [3.63, 3.8) is 0 Å². The predicted molar refractivity (Wildman–Crippen MR) is 105 cm³/mol. The first-order valence-electron chi connectivity index (χ1n) is 9.71. The second kappa shape index (κ2) is 11.9. The zero-order valence-electron chi connectivity index (χ0n) is 16.5. The van der Waals surface area contributed by atoms with Crippen LogP contribution in [0.5, 0.6) is 0 Å². The molecule has 144 valence electrons. The molecular weight excluding hydrogens is 314 g/mol. The number of guanidine groups is 1. The van der Waals surface area contributed by atoms with E-state index >= 15 is 0 Å². The number of aliphatic imine (C=N–C) groups is 1. The van der Waals surface area contributed by atoms with E-state index in [1.54, 1.807) is 0 Å². The van der Waals surface area contributed by atoms with E-state index < -0.39 is 0 Å². The molecule has 0 saturated heterocycles. The van der Waals surface area contributed by atoms with Gasteiger partial charge in [0.1, 0.15) is 5.82 Å². The molecule has 0 bridgehead atoms. The highest BCUT2D eigenvalue weighted by Gasteiger charge is 2.25. The van der Waals surface area contributed by atoms with Gasteiger partial charge < -0.3 is 20.3 Å². The maximum Gasteiger partial charge on any atom is 0.191 e. The van der Waals surface area contributed by atoms with E-state index in [2.05, 4.69) is 41.0 Å². The molecular formula is C19H37N5O. The minimum absolute atomic E-state index is 0.107. The third kappa shape index (κ3) is 7.46. The fourth-order valence-corrected chi connectivity index (χ4v) is 2.99. The van der Waals surface area contributed by atoms with Gasteiger partial charge in [-0.2, -0.15) is 0 Å². The molecule has 0 amide bonds. The van der Waals surface area contributed by atoms with Crippen LogP contribution < -0.4 is 10.6 Å². The third-order valence-corrected chi connectivity index (χ3v) is 5.10. The fraction of sp³-hybridized carbons (Fsp3) is 0.789. The molecule has 6 heteroatoms. The summed E-state index contributed by atoms with van der Waals surface area (Å²) in [7, 11) is 0. The Labute approximate surface area is 153 Å². The van der Waals surface area contributed by atoms with Gasteiger partial charge in [0.25, 0.3) is 0 Å². The quantitative estimate of drug-likeness (QED) is 0.307. The molecule has 0 aliphatic rings. The Bertz CT molecular complexity index is 494. The van der Waals surface area contributed by atoms with Crippen LogP contribution in [0.1, 0.15) is 58.7 Å². The second-order valence-electron chi connectivity index (χ2n) is 6.68. The highest BCUT2D eigenvalue weighted by atomic mass is 16.3. The lowest BCUT2D eigenvalue weighted by molar-refractivity contribution is 0.175. The molecule has 0 aromatic carbocycles. The molecule has 0 spiro atoms. The number of aromatic nitrogens is 2. The normalized spacial score (nSPS) is 12.4. The molecule has 0 fully saturated rings. The van der Waals surface area contributed by atoms with Gasteiger partial charge in [-0.3, -0.25) is 4.99 Å². The van der Waals surface area contributed by atoms with Crippen molar-refractivity contribution in [3.8, 4) is 0 Å². The molecule has 0 aliphatic heterocycles. The Hall–Kier alpha value is -1.56. The summed E-state index contributed by atoms with van der Waals surface area (Å²) in [6.45, 7) is 12.2. The molecule has 0 aliphatic carbocycles. The zero-order chi connectivity index (χ0) is 18.5. The van der Waals surface area contributed by atoms with Crippen molar-refractivity contribution in [1.29, 1.82) is 0 Å². The average molecular weight is 352 g/mol. The van der Waals surface area contributed by atoms with Gasteiger partial charge >= 0.3 is 0 Å². The van der Waals surface area contributed by atoms with Gasteiger partial charge in [0.2, 0.25) is 0 Å². The van der Waals surface area contributed by atoms with Crippen LogP contribution in [0.15, 0.2) is 17.4 Å². The topological polar surface area (TPSA) is 74.5 Å². The van der Waals surface area contributed by atoms with Gasteiger partial charge in [-0.25, -0.2) is 4.98 Å². The van der Waals surface area contributed by atoms with Crippen molar-refractivity contribution in [3.05, 3.63) is 18.2 Å². The standard InChI is InChI=1S/C19H37N5O/c1-5-19(6-2,10-15-25)16-23-18(20-7-3)22-11-8-9-13-24-14-12-21-17(24)4/h12,14,25H,5-11,13,15-16H2,1-4H3,(H2,20,22,23). The highest BCUT2D eigenvalue weighted by molar-refractivity contribution is 5.79. The number of aliphatic hydroxyl groups excluding tert-OH is 1. The van der Waals surface area contributed by atoms with Crippen LogP contribution in [-0.4, -0.2) is 46.9 Å². The lowest BCUT2D eigenvalue weighted by Gasteiger charge is -2.29. The summed E-state index contributed by atoms with van der Waals surface area (Å²) in [6.07, 6.45) is 8.98. The number of nitrogens with one attached hydrogen (secondary N) is 2. The van der Waals surface area contributed by atoms with E-state index in [0.29, 0.717) is 0 Å². The third-order valence-electron chi connectivity index (χ3n) is 5.10. The maximum absolute atomic E-state index is 9.34. The smallest absolute Gasteiger partial charge is 0.191 e. The largest absolute Gasteiger partial charge is 0.396 e. The van der Waals surface area contributed by atoms with Crippen LogP contribution in [0.4, 0.5) is 0 Å². The summed E-state index contributed by atoms with van der Waals surface area (Å²) in [5, 5.41) is 16.1. The van der Waals surface area contributed by atoms with Gasteiger partial charge in [0, 0.05) is 45.2 Å². The van der Waals surface area contributed by atoms with Gasteiger partial charge in [0.05, 0.1) is 0 Å². The summed E-state index contributed by atoms with van der Waals surface area (Å²) >= 11 is 0. The summed E-state index contributed by atoms with van der Waals surface area (Å²) in [4.78, 5) is 9.02. The van der Waals surface area contributed by atoms with E-state index in [4.69, 9.17) is 4.99 Å². The Morgan fingerprint density at radius 1 is 1.24 bits per heavy atom. The number of hydrogen-bond acceptors (Lipinski definition) is 3. The molecule has 0 saturated carbocycles. The molecule has 6 nitrogen and oxygen atoms in total. The van der Waals surface area contributed by atoms with Crippen LogP contribution in [0, 0.1) is 12.3 Å². The molecule has 0 atom stereocenters. The number of aryl methyl sites for hydroxylation is 2. The van der Waals surface area contributed by atoms with Gasteiger partial charge in [-0.1, -0.05) is 13.8 Å². The first kappa shape index (κ1) is 21.5. The minimum atomic E-state index is 0.107. The van der Waals surface area contributed by atoms with E-state index in [0.717, 1.165) is 70.1 Å². The fourth-order valence-electron chi connectivity index (χ4n) is 2.99. The molecule has 25 heavy (non-hydrogen) atoms. The lowest BCUT2D eigenvalue weighted by atomic mass is 9.79. The molecule has 0 radical (unpaired) electrons. The number of hydrogen-bond donors (Lipinski definition) is 3. The van der Waals surface area contributed by atoms with Gasteiger partial charge in [0.15, 0.2) is 5.96 Å². The van der Waals surface area contributed by atoms with Crippen LogP contribution in [0.25, 0.3) is 0 Å². The van der Waals surface area contributed by atoms with Crippen molar-refractivity contribution in [1.82, 2.24) is 20.2 Å². The van der Waals surface area contributed by atoms with Gasteiger partial charge in [-0.15, -0.1) is 0 Å². The molecule has 1 aromatic heterocycles. The van der Waals surface area contributed by atoms with Crippen LogP contribution in [0.2, 0.25) is 0 Å². The van der Waals surface area contributed by atoms with E-state index in [9.17, 15) is 5.11 Å². The number of unbranched alkanes of at least 4 members (excludes halogenated alkanes) is 1. The van der Waals surface area contributed by atoms with Gasteiger partial charge in [-0.05, 0) is 51.4 Å². The average Bonchev–Trinajstić information content (AvgIpc) is 3.03. The van der Waals surface area contributed by atoms with Crippen LogP contribution in [0.3, 0.4) is 0 Å². The van der Waals surface area contributed by atoms with Crippen molar-refractivity contribution in [2.45, 2.75) is 66.3 Å². The Morgan fingerprint density at radius 2 is 2.00 bits per heavy atom. The van der Waals surface area contributed by atoms with E-state index in [-0.39, 0.29) is 12.0 Å². The molecule has 0 unspecified atom stereocenters. The summed E-state index contributed by atoms with van der Waals surface area (Å²) in [5.74, 6) is 1.95. The highest BCUT2D eigenvalue weighted by Crippen LogP contribution is 2.30. The number of aliphatic hydroxyl groups is 1. The van der Waals surface area contributed by atoms with Crippen molar-refractivity contribution in [2.75, 3.05) is 26.2 Å². The molecule has 1 heterocycles. The Balaban J connectivity index is 2.43. The molecule has 3 N–H and O–H groups in total. The van der Waals surface area contributed by atoms with E-state index in [1.165, 1.54) is 0 Å². The lowest BCUT2D eigenvalue weighted by Crippen LogP contribution is -2.39. The molecule has 1 aromatic rings. The summed E-state index contributed by atoms with van der Waals surface area (Å²) < 4.78 is 2.19. The number of imidazole rings is 1. The zero-order valence-corrected chi connectivity index (χ0v) is 16.5. The Kier molecular flexibility index (Phi) is 10.2. The first-order valence-corrected chi connectivity index (χ1v) is 9.71. The number of rotatable bonds is 12. The van der Waals surface area contributed by atoms with Crippen LogP contribution >= 0.6 is 0 Å². The summed E-state index contributed by atoms with van der Waals surface area (Å²) in [5.41, 5.74) is 0.107. The number of nitrogens with zero attached hydrogens (tertiary/aromatic N) is 3. The maximum atomic E-state index is 9.34. The summed E-state index contributed by atoms with van der Waals surface area (Å²) in [6, 6.07) is 0. The first-order chi connectivity index (χ1) is 12.1. The van der Waals surface area contributed by atoms with E-state index in [1.807, 2.05) is 19.3 Å². The SMILES string of the molecule is CCNC(=NCC(CC)(CC)CCO)NCCCCn1ccnc1C. The second-order valence-corrected chi connectivity index (χ2v) is 6.68. The Morgan fingerprint density at radius 3 is 2.56 bits per heavy atom. The van der Waals surface area contributed by atoms with Crippen LogP contribution in [-0.2, 0) is 6.54 Å².